The molecule has 1 aromatic rings. The minimum Gasteiger partial charge on any atom is -0.351 e. The van der Waals surface area contributed by atoms with Gasteiger partial charge in [0.15, 0.2) is 0 Å². The Morgan fingerprint density at radius 3 is 2.50 bits per heavy atom. The molecular formula is C10H10F2N2O5S. The van der Waals surface area contributed by atoms with Gasteiger partial charge in [-0.2, -0.15) is 4.39 Å². The predicted molar refractivity (Wildman–Crippen MR) is 65.1 cm³/mol. The lowest BCUT2D eigenvalue weighted by Gasteiger charge is -2.06. The Morgan fingerprint density at radius 1 is 1.40 bits per heavy atom. The van der Waals surface area contributed by atoms with Crippen molar-refractivity contribution in [1.82, 2.24) is 5.32 Å². The Balaban J connectivity index is 2.96. The number of nitro benzene ring substituents is 1. The Morgan fingerprint density at radius 2 is 2.00 bits per heavy atom. The molecule has 0 radical (unpaired) electrons. The minimum atomic E-state index is -3.33. The van der Waals surface area contributed by atoms with E-state index in [1.54, 1.807) is 0 Å². The molecule has 110 valence electrons. The number of sulfone groups is 1. The summed E-state index contributed by atoms with van der Waals surface area (Å²) in [6.07, 6.45) is 0.937. The van der Waals surface area contributed by atoms with E-state index in [1.165, 1.54) is 0 Å². The van der Waals surface area contributed by atoms with Gasteiger partial charge in [0.25, 0.3) is 5.91 Å². The van der Waals surface area contributed by atoms with Crippen LogP contribution in [0.15, 0.2) is 12.1 Å². The first-order valence-corrected chi connectivity index (χ1v) is 7.27. The highest BCUT2D eigenvalue weighted by Crippen LogP contribution is 2.22. The summed E-state index contributed by atoms with van der Waals surface area (Å²) < 4.78 is 48.4. The molecule has 0 aliphatic carbocycles. The second-order valence-electron chi connectivity index (χ2n) is 3.93. The smallest absolute Gasteiger partial charge is 0.308 e. The normalized spacial score (nSPS) is 11.2. The van der Waals surface area contributed by atoms with E-state index in [9.17, 15) is 32.1 Å². The molecule has 0 atom stereocenters. The number of nitrogens with one attached hydrogen (secondary N) is 1. The first-order chi connectivity index (χ1) is 9.11. The molecule has 0 bridgehead atoms. The fraction of sp³-hybridized carbons (Fsp3) is 0.300. The van der Waals surface area contributed by atoms with Crippen molar-refractivity contribution in [3.63, 3.8) is 0 Å². The van der Waals surface area contributed by atoms with E-state index in [-0.39, 0.29) is 6.54 Å². The number of nitro groups is 1. The van der Waals surface area contributed by atoms with Crippen LogP contribution in [-0.2, 0) is 9.84 Å². The van der Waals surface area contributed by atoms with Gasteiger partial charge < -0.3 is 5.32 Å². The number of carbonyl (C=O) groups is 1. The zero-order chi connectivity index (χ0) is 15.5. The number of halogens is 2. The molecule has 0 aliphatic heterocycles. The molecule has 10 heteroatoms. The summed E-state index contributed by atoms with van der Waals surface area (Å²) in [5.41, 5.74) is -2.02. The highest BCUT2D eigenvalue weighted by atomic mass is 32.2. The van der Waals surface area contributed by atoms with Crippen molar-refractivity contribution < 1.29 is 26.9 Å². The van der Waals surface area contributed by atoms with Gasteiger partial charge in [-0.15, -0.1) is 0 Å². The predicted octanol–water partition coefficient (Wildman–Crippen LogP) is 0.647. The van der Waals surface area contributed by atoms with Crippen molar-refractivity contribution in [3.05, 3.63) is 39.4 Å². The maximum atomic E-state index is 13.6. The molecule has 0 unspecified atom stereocenters. The SMILES string of the molecule is CS(=O)(=O)CCNC(=O)c1cc(F)cc([N+](=O)[O-])c1F. The van der Waals surface area contributed by atoms with E-state index in [0.29, 0.717) is 12.1 Å². The van der Waals surface area contributed by atoms with Crippen molar-refractivity contribution in [1.29, 1.82) is 0 Å². The van der Waals surface area contributed by atoms with E-state index in [0.717, 1.165) is 6.26 Å². The largest absolute Gasteiger partial charge is 0.351 e. The molecule has 1 N–H and O–H groups in total. The maximum Gasteiger partial charge on any atom is 0.308 e. The van der Waals surface area contributed by atoms with Gasteiger partial charge in [-0.25, -0.2) is 12.8 Å². The first kappa shape index (κ1) is 16.0. The third kappa shape index (κ3) is 4.23. The van der Waals surface area contributed by atoms with E-state index < -0.39 is 49.3 Å². The van der Waals surface area contributed by atoms with Crippen LogP contribution in [0.3, 0.4) is 0 Å². The van der Waals surface area contributed by atoms with Gasteiger partial charge in [0.05, 0.1) is 22.3 Å². The number of hydrogen-bond donors (Lipinski definition) is 1. The molecular weight excluding hydrogens is 298 g/mol. The summed E-state index contributed by atoms with van der Waals surface area (Å²) in [7, 11) is -3.33. The van der Waals surface area contributed by atoms with Gasteiger partial charge in [-0.1, -0.05) is 0 Å². The van der Waals surface area contributed by atoms with Crippen LogP contribution in [0.2, 0.25) is 0 Å². The molecule has 20 heavy (non-hydrogen) atoms. The average molecular weight is 308 g/mol. The number of nitrogens with zero attached hydrogens (tertiary/aromatic N) is 1. The first-order valence-electron chi connectivity index (χ1n) is 5.21. The van der Waals surface area contributed by atoms with Gasteiger partial charge in [0.1, 0.15) is 15.7 Å². The summed E-state index contributed by atoms with van der Waals surface area (Å²) in [4.78, 5) is 20.9. The Labute approximate surface area is 112 Å². The number of hydrogen-bond acceptors (Lipinski definition) is 5. The fourth-order valence-corrected chi connectivity index (χ4v) is 1.79. The van der Waals surface area contributed by atoms with Crippen molar-refractivity contribution in [3.8, 4) is 0 Å². The molecule has 1 amide bonds. The van der Waals surface area contributed by atoms with E-state index >= 15 is 0 Å². The average Bonchev–Trinajstić information content (AvgIpc) is 2.29. The van der Waals surface area contributed by atoms with Gasteiger partial charge in [0.2, 0.25) is 5.82 Å². The molecule has 0 saturated heterocycles. The summed E-state index contributed by atoms with van der Waals surface area (Å²) in [6, 6.07) is 0.848. The third-order valence-corrected chi connectivity index (χ3v) is 3.16. The molecule has 0 aromatic heterocycles. The van der Waals surface area contributed by atoms with Gasteiger partial charge in [-0.05, 0) is 6.07 Å². The lowest BCUT2D eigenvalue weighted by Crippen LogP contribution is -2.29. The van der Waals surface area contributed by atoms with Crippen LogP contribution in [0.25, 0.3) is 0 Å². The number of carbonyl (C=O) groups excluding carboxylic acids is 1. The molecule has 0 saturated carbocycles. The van der Waals surface area contributed by atoms with Gasteiger partial charge in [-0.3, -0.25) is 14.9 Å². The second-order valence-corrected chi connectivity index (χ2v) is 6.19. The monoisotopic (exact) mass is 308 g/mol. The summed E-state index contributed by atoms with van der Waals surface area (Å²) in [5.74, 6) is -4.15. The van der Waals surface area contributed by atoms with Gasteiger partial charge in [0, 0.05) is 12.8 Å². The number of rotatable bonds is 5. The van der Waals surface area contributed by atoms with Crippen LogP contribution < -0.4 is 5.32 Å². The van der Waals surface area contributed by atoms with Crippen LogP contribution in [0.4, 0.5) is 14.5 Å². The third-order valence-electron chi connectivity index (χ3n) is 2.22. The van der Waals surface area contributed by atoms with Crippen LogP contribution in [0, 0.1) is 21.7 Å². The van der Waals surface area contributed by atoms with E-state index in [4.69, 9.17) is 0 Å². The lowest BCUT2D eigenvalue weighted by molar-refractivity contribution is -0.387. The van der Waals surface area contributed by atoms with Gasteiger partial charge >= 0.3 is 5.69 Å². The van der Waals surface area contributed by atoms with Crippen molar-refractivity contribution >= 4 is 21.4 Å². The maximum absolute atomic E-state index is 13.6. The van der Waals surface area contributed by atoms with E-state index in [2.05, 4.69) is 0 Å². The fourth-order valence-electron chi connectivity index (χ4n) is 1.32. The molecule has 7 nitrogen and oxygen atoms in total. The molecule has 1 rings (SSSR count). The van der Waals surface area contributed by atoms with Crippen LogP contribution >= 0.6 is 0 Å². The second kappa shape index (κ2) is 5.90. The number of benzene rings is 1. The van der Waals surface area contributed by atoms with Crippen LogP contribution in [-0.4, -0.2) is 37.8 Å². The van der Waals surface area contributed by atoms with Crippen molar-refractivity contribution in [2.24, 2.45) is 0 Å². The molecule has 1 aromatic carbocycles. The summed E-state index contributed by atoms with van der Waals surface area (Å²) in [6.45, 7) is -0.318. The zero-order valence-electron chi connectivity index (χ0n) is 10.2. The topological polar surface area (TPSA) is 106 Å². The molecule has 0 spiro atoms. The molecule has 0 heterocycles. The minimum absolute atomic E-state index is 0.318. The quantitative estimate of drug-likeness (QED) is 0.635. The highest BCUT2D eigenvalue weighted by molar-refractivity contribution is 7.90. The lowest BCUT2D eigenvalue weighted by atomic mass is 10.1. The summed E-state index contributed by atoms with van der Waals surface area (Å²) >= 11 is 0. The number of amides is 1. The Hall–Kier alpha value is -2.10. The standard InChI is InChI=1S/C10H10F2N2O5S/c1-20(18,19)3-2-13-10(15)7-4-6(11)5-8(9(7)12)14(16)17/h4-5H,2-3H2,1H3,(H,13,15). The zero-order valence-corrected chi connectivity index (χ0v) is 11.0. The van der Waals surface area contributed by atoms with Crippen molar-refractivity contribution in [2.75, 3.05) is 18.6 Å². The summed E-state index contributed by atoms with van der Waals surface area (Å²) in [5, 5.41) is 12.5. The van der Waals surface area contributed by atoms with Crippen LogP contribution in [0.1, 0.15) is 10.4 Å². The molecule has 0 fully saturated rings. The molecule has 0 aliphatic rings. The van der Waals surface area contributed by atoms with Crippen molar-refractivity contribution in [2.45, 2.75) is 0 Å². The Bertz CT molecular complexity index is 660. The van der Waals surface area contributed by atoms with E-state index in [1.807, 2.05) is 5.32 Å². The van der Waals surface area contributed by atoms with Crippen LogP contribution in [0.5, 0.6) is 0 Å². The Kier molecular flexibility index (Phi) is 4.71. The highest BCUT2D eigenvalue weighted by Gasteiger charge is 2.24.